The van der Waals surface area contributed by atoms with Gasteiger partial charge in [0.05, 0.1) is 17.1 Å². The molecule has 0 unspecified atom stereocenters. The van der Waals surface area contributed by atoms with Crippen LogP contribution in [0, 0.1) is 0 Å². The first-order valence-electron chi connectivity index (χ1n) is 15.2. The third-order valence-corrected chi connectivity index (χ3v) is 10.4. The standard InChI is InChI=1S/C33H40BN6S3.CNS.Co/c1-31(2,3)28-19-22(25-13-10-16-41-25)38(35-28)34(39-23(26-14-11-17-42-26)20-29(36-39)32(4,5)6)40-24(27-15-12-18-43-27)21-30(37-40)33(7,8)9;2-1-3;/h10-21,34H,1-9H3;;/q2*-1;+2. The van der Waals surface area contributed by atoms with E-state index in [9.17, 15) is 0 Å². The third-order valence-electron chi connectivity index (χ3n) is 7.77. The molecule has 0 bridgehead atoms. The number of hydrogen-bond donors (Lipinski definition) is 0. The first-order valence-corrected chi connectivity index (χ1v) is 18.3. The summed E-state index contributed by atoms with van der Waals surface area (Å²) in [4.78, 5) is 3.55. The van der Waals surface area contributed by atoms with Crippen LogP contribution < -0.4 is 0 Å². The molecule has 47 heavy (non-hydrogen) atoms. The zero-order chi connectivity index (χ0) is 33.4. The van der Waals surface area contributed by atoms with E-state index in [4.69, 9.17) is 20.7 Å². The van der Waals surface area contributed by atoms with E-state index in [-0.39, 0.29) is 33.0 Å². The van der Waals surface area contributed by atoms with Gasteiger partial charge in [0.25, 0.3) is 0 Å². The molecule has 7 nitrogen and oxygen atoms in total. The van der Waals surface area contributed by atoms with Gasteiger partial charge in [0.2, 0.25) is 0 Å². The zero-order valence-corrected chi connectivity index (χ0v) is 32.5. The summed E-state index contributed by atoms with van der Waals surface area (Å²) in [6.45, 7) is 20.1. The van der Waals surface area contributed by atoms with Gasteiger partial charge in [0, 0.05) is 48.0 Å². The molecule has 6 aromatic heterocycles. The minimum atomic E-state index is -1.74. The summed E-state index contributed by atoms with van der Waals surface area (Å²) in [5.74, 6) is 0. The molecule has 0 fully saturated rings. The van der Waals surface area contributed by atoms with Crippen LogP contribution >= 0.6 is 46.2 Å². The van der Waals surface area contributed by atoms with Gasteiger partial charge in [-0.25, -0.2) is 15.3 Å². The van der Waals surface area contributed by atoms with Gasteiger partial charge in [-0.2, -0.15) is 5.16 Å². The predicted molar refractivity (Wildman–Crippen MR) is 202 cm³/mol. The maximum absolute atomic E-state index is 7.13. The number of rotatable bonds is 6. The Morgan fingerprint density at radius 3 is 1.04 bits per heavy atom. The quantitative estimate of drug-likeness (QED) is 0.0968. The Hall–Kier alpha value is -2.90. The molecule has 247 valence electrons. The van der Waals surface area contributed by atoms with E-state index in [1.807, 2.05) is 0 Å². The van der Waals surface area contributed by atoms with Crippen LogP contribution in [-0.4, -0.2) is 41.4 Å². The average molecular weight is 745 g/mol. The van der Waals surface area contributed by atoms with Crippen molar-refractivity contribution in [1.29, 1.82) is 0 Å². The average Bonchev–Trinajstić information content (AvgIpc) is 3.81. The predicted octanol–water partition coefficient (Wildman–Crippen LogP) is 9.67. The second-order valence-electron chi connectivity index (χ2n) is 14.4. The molecule has 6 heterocycles. The molecule has 0 aliphatic rings. The first-order chi connectivity index (χ1) is 21.6. The van der Waals surface area contributed by atoms with Crippen LogP contribution in [0.2, 0.25) is 0 Å². The van der Waals surface area contributed by atoms with Crippen molar-refractivity contribution in [3.63, 3.8) is 0 Å². The third kappa shape index (κ3) is 7.88. The van der Waals surface area contributed by atoms with Gasteiger partial charge in [0.1, 0.15) is 0 Å². The first kappa shape index (κ1) is 36.9. The van der Waals surface area contributed by atoms with Gasteiger partial charge >= 0.3 is 23.9 Å². The molecule has 0 saturated carbocycles. The van der Waals surface area contributed by atoms with Crippen LogP contribution in [0.25, 0.3) is 37.1 Å². The van der Waals surface area contributed by atoms with Gasteiger partial charge in [-0.05, 0) is 52.5 Å². The number of thiophene rings is 3. The minimum Gasteiger partial charge on any atom is -0.753 e. The summed E-state index contributed by atoms with van der Waals surface area (Å²) in [5, 5.41) is 31.2. The molecular weight excluding hydrogens is 704 g/mol. The Balaban J connectivity index is 0.00000120. The number of hydrogen-bond acceptors (Lipinski definition) is 7. The van der Waals surface area contributed by atoms with Gasteiger partial charge in [-0.15, -0.1) is 34.0 Å². The number of thiocarbonyl (C=S) groups is 1. The van der Waals surface area contributed by atoms with Crippen LogP contribution in [0.4, 0.5) is 0 Å². The Morgan fingerprint density at radius 1 is 0.596 bits per heavy atom. The molecule has 0 amide bonds. The van der Waals surface area contributed by atoms with Crippen LogP contribution in [0.5, 0.6) is 0 Å². The second-order valence-corrected chi connectivity index (χ2v) is 17.5. The van der Waals surface area contributed by atoms with Gasteiger partial charge < -0.3 is 19.2 Å². The molecule has 13 heteroatoms. The van der Waals surface area contributed by atoms with Crippen molar-refractivity contribution in [2.24, 2.45) is 0 Å². The summed E-state index contributed by atoms with van der Waals surface area (Å²) < 4.78 is 6.71. The van der Waals surface area contributed by atoms with E-state index in [0.29, 0.717) is 0 Å². The molecule has 6 rings (SSSR count). The van der Waals surface area contributed by atoms with Crippen LogP contribution in [-0.2, 0) is 33.0 Å². The molecule has 0 aromatic carbocycles. The SMILES string of the molecule is CC(C)(C)c1cc(-c2cccs2)n([BH-](n2nc(C(C)(C)C)cc2-c2cccs2)n2nc(C(C)(C)C)cc2-c2cccs2)n1.[Co+2].[N-]=C=S. The molecule has 0 spiro atoms. The fraction of sp³-hybridized carbons (Fsp3) is 0.353. The Labute approximate surface area is 305 Å². The van der Waals surface area contributed by atoms with E-state index in [0.717, 1.165) is 34.2 Å². The van der Waals surface area contributed by atoms with Crippen LogP contribution in [0.3, 0.4) is 0 Å². The van der Waals surface area contributed by atoms with Crippen LogP contribution in [0.15, 0.2) is 70.7 Å². The smallest absolute Gasteiger partial charge is 0.753 e. The molecule has 0 atom stereocenters. The molecule has 0 aliphatic carbocycles. The summed E-state index contributed by atoms with van der Waals surface area (Å²) in [6, 6.07) is 19.7. The van der Waals surface area contributed by atoms with Crippen molar-refractivity contribution in [3.05, 3.63) is 93.2 Å². The summed E-state index contributed by atoms with van der Waals surface area (Å²) in [7, 11) is -1.74. The monoisotopic (exact) mass is 744 g/mol. The largest absolute Gasteiger partial charge is 2.00 e. The molecule has 1 radical (unpaired) electrons. The van der Waals surface area contributed by atoms with E-state index < -0.39 is 7.12 Å². The Morgan fingerprint density at radius 2 is 0.851 bits per heavy atom. The Bertz CT molecular complexity index is 1710. The Kier molecular flexibility index (Phi) is 11.2. The summed E-state index contributed by atoms with van der Waals surface area (Å²) in [5.41, 5.74) is 6.04. The normalized spacial score (nSPS) is 12.0. The summed E-state index contributed by atoms with van der Waals surface area (Å²) in [6.07, 6.45) is 0. The maximum atomic E-state index is 7.13. The van der Waals surface area contributed by atoms with Crippen LogP contribution in [0.1, 0.15) is 79.4 Å². The molecule has 0 saturated heterocycles. The number of nitrogens with zero attached hydrogens (tertiary/aromatic N) is 7. The minimum absolute atomic E-state index is 0. The molecule has 0 N–H and O–H groups in total. The van der Waals surface area contributed by atoms with E-state index in [1.54, 1.807) is 34.0 Å². The van der Waals surface area contributed by atoms with E-state index in [1.165, 1.54) is 19.8 Å². The number of aromatic nitrogens is 6. The van der Waals surface area contributed by atoms with Crippen molar-refractivity contribution in [2.75, 3.05) is 0 Å². The van der Waals surface area contributed by atoms with Gasteiger partial charge in [-0.3, -0.25) is 0 Å². The topological polar surface area (TPSA) is 75.8 Å². The van der Waals surface area contributed by atoms with Crippen molar-refractivity contribution in [3.8, 4) is 31.7 Å². The van der Waals surface area contributed by atoms with Crippen molar-refractivity contribution in [2.45, 2.75) is 78.6 Å². The number of isothiocyanates is 1. The maximum Gasteiger partial charge on any atom is 2.00 e. The molecule has 0 aliphatic heterocycles. The van der Waals surface area contributed by atoms with Gasteiger partial charge in [-0.1, -0.05) is 92.7 Å². The fourth-order valence-electron chi connectivity index (χ4n) is 5.25. The van der Waals surface area contributed by atoms with Crippen molar-refractivity contribution >= 4 is 58.5 Å². The second kappa shape index (κ2) is 14.3. The fourth-order valence-corrected chi connectivity index (χ4v) is 7.48. The van der Waals surface area contributed by atoms with E-state index >= 15 is 0 Å². The molecular formula is C34H40BCoN7S4. The van der Waals surface area contributed by atoms with E-state index in [2.05, 4.69) is 159 Å². The zero-order valence-electron chi connectivity index (χ0n) is 28.2. The summed E-state index contributed by atoms with van der Waals surface area (Å²) >= 11 is 8.93. The van der Waals surface area contributed by atoms with Crippen molar-refractivity contribution < 1.29 is 16.8 Å². The molecule has 6 aromatic rings. The van der Waals surface area contributed by atoms with Crippen molar-refractivity contribution in [1.82, 2.24) is 29.1 Å². The van der Waals surface area contributed by atoms with Gasteiger partial charge in [0.15, 0.2) is 0 Å².